The van der Waals surface area contributed by atoms with E-state index in [2.05, 4.69) is 5.32 Å². The molecule has 0 radical (unpaired) electrons. The van der Waals surface area contributed by atoms with Crippen LogP contribution in [0.4, 0.5) is 0 Å². The van der Waals surface area contributed by atoms with Crippen molar-refractivity contribution in [1.82, 2.24) is 10.2 Å². The third-order valence-electron chi connectivity index (χ3n) is 4.63. The first kappa shape index (κ1) is 21.4. The second kappa shape index (κ2) is 10.5. The summed E-state index contributed by atoms with van der Waals surface area (Å²) in [6, 6.07) is 24.9. The Kier molecular flexibility index (Phi) is 7.46. The highest BCUT2D eigenvalue weighted by Crippen LogP contribution is 2.26. The van der Waals surface area contributed by atoms with Crippen molar-refractivity contribution in [3.8, 4) is 5.75 Å². The summed E-state index contributed by atoms with van der Waals surface area (Å²) in [6.45, 7) is 0.0232. The van der Waals surface area contributed by atoms with Crippen LogP contribution in [-0.2, 0) is 16.1 Å². The molecular weight excluding hydrogens is 400 g/mol. The lowest BCUT2D eigenvalue weighted by Gasteiger charge is -2.31. The standard InChI is InChI=1S/C24H23ClN2O3/c1-26-24(29)23(19-12-6-3-7-13-19)27(16-18-10-4-2-5-11-18)22(28)17-30-21-15-9-8-14-20(21)25/h2-15,23H,16-17H2,1H3,(H,26,29)/t23-/m0/s1. The normalized spacial score (nSPS) is 11.4. The Balaban J connectivity index is 1.90. The molecule has 6 heteroatoms. The van der Waals surface area contributed by atoms with Crippen molar-refractivity contribution in [3.63, 3.8) is 0 Å². The Morgan fingerprint density at radius 1 is 0.933 bits per heavy atom. The SMILES string of the molecule is CNC(=O)[C@H](c1ccccc1)N(Cc1ccccc1)C(=O)COc1ccccc1Cl. The molecule has 0 spiro atoms. The lowest BCUT2D eigenvalue weighted by Crippen LogP contribution is -2.44. The largest absolute Gasteiger partial charge is 0.482 e. The average molecular weight is 423 g/mol. The third-order valence-corrected chi connectivity index (χ3v) is 4.94. The van der Waals surface area contributed by atoms with E-state index in [9.17, 15) is 9.59 Å². The van der Waals surface area contributed by atoms with Crippen LogP contribution in [0.15, 0.2) is 84.9 Å². The highest BCUT2D eigenvalue weighted by atomic mass is 35.5. The third kappa shape index (κ3) is 5.39. The van der Waals surface area contributed by atoms with Gasteiger partial charge in [-0.15, -0.1) is 0 Å². The van der Waals surface area contributed by atoms with E-state index in [1.165, 1.54) is 4.90 Å². The zero-order valence-corrected chi connectivity index (χ0v) is 17.4. The number of carbonyl (C=O) groups is 2. The van der Waals surface area contributed by atoms with Crippen LogP contribution in [-0.4, -0.2) is 30.4 Å². The minimum atomic E-state index is -0.793. The lowest BCUT2D eigenvalue weighted by molar-refractivity contribution is -0.143. The van der Waals surface area contributed by atoms with E-state index in [4.69, 9.17) is 16.3 Å². The van der Waals surface area contributed by atoms with Gasteiger partial charge in [-0.3, -0.25) is 9.59 Å². The zero-order valence-electron chi connectivity index (χ0n) is 16.6. The van der Waals surface area contributed by atoms with Crippen LogP contribution in [0.5, 0.6) is 5.75 Å². The summed E-state index contributed by atoms with van der Waals surface area (Å²) in [5.41, 5.74) is 1.63. The molecule has 1 atom stereocenters. The first-order valence-electron chi connectivity index (χ1n) is 9.57. The van der Waals surface area contributed by atoms with Gasteiger partial charge in [0.15, 0.2) is 6.61 Å². The predicted octanol–water partition coefficient (Wildman–Crippen LogP) is 4.23. The van der Waals surface area contributed by atoms with Gasteiger partial charge in [-0.25, -0.2) is 0 Å². The number of amides is 2. The van der Waals surface area contributed by atoms with E-state index in [-0.39, 0.29) is 25.0 Å². The molecule has 2 amide bonds. The number of nitrogens with zero attached hydrogens (tertiary/aromatic N) is 1. The number of rotatable bonds is 8. The second-order valence-electron chi connectivity index (χ2n) is 6.65. The van der Waals surface area contributed by atoms with Gasteiger partial charge in [0.1, 0.15) is 11.8 Å². The van der Waals surface area contributed by atoms with Crippen molar-refractivity contribution in [1.29, 1.82) is 0 Å². The first-order valence-corrected chi connectivity index (χ1v) is 9.95. The molecule has 0 aromatic heterocycles. The molecule has 0 aliphatic rings. The lowest BCUT2D eigenvalue weighted by atomic mass is 10.0. The number of benzene rings is 3. The molecule has 0 saturated heterocycles. The maximum atomic E-state index is 13.2. The van der Waals surface area contributed by atoms with Gasteiger partial charge in [0, 0.05) is 13.6 Å². The molecule has 0 aliphatic carbocycles. The monoisotopic (exact) mass is 422 g/mol. The van der Waals surface area contributed by atoms with Gasteiger partial charge >= 0.3 is 0 Å². The highest BCUT2D eigenvalue weighted by Gasteiger charge is 2.31. The predicted molar refractivity (Wildman–Crippen MR) is 117 cm³/mol. The van der Waals surface area contributed by atoms with Crippen LogP contribution in [0.2, 0.25) is 5.02 Å². The Morgan fingerprint density at radius 3 is 2.17 bits per heavy atom. The molecule has 0 aliphatic heterocycles. The molecule has 1 N–H and O–H groups in total. The fraction of sp³-hybridized carbons (Fsp3) is 0.167. The van der Waals surface area contributed by atoms with E-state index in [1.807, 2.05) is 60.7 Å². The number of hydrogen-bond donors (Lipinski definition) is 1. The summed E-state index contributed by atoms with van der Waals surface area (Å²) in [6.07, 6.45) is 0. The van der Waals surface area contributed by atoms with Crippen molar-refractivity contribution in [2.24, 2.45) is 0 Å². The van der Waals surface area contributed by atoms with Gasteiger partial charge in [-0.2, -0.15) is 0 Å². The summed E-state index contributed by atoms with van der Waals surface area (Å²) in [5.74, 6) is -0.178. The minimum Gasteiger partial charge on any atom is -0.482 e. The Morgan fingerprint density at radius 2 is 1.53 bits per heavy atom. The van der Waals surface area contributed by atoms with Crippen LogP contribution in [0.1, 0.15) is 17.2 Å². The van der Waals surface area contributed by atoms with Gasteiger partial charge in [0.05, 0.1) is 5.02 Å². The number of hydrogen-bond acceptors (Lipinski definition) is 3. The van der Waals surface area contributed by atoms with E-state index in [1.54, 1.807) is 31.3 Å². The molecule has 3 aromatic carbocycles. The number of nitrogens with one attached hydrogen (secondary N) is 1. The molecule has 0 saturated carbocycles. The topological polar surface area (TPSA) is 58.6 Å². The van der Waals surface area contributed by atoms with Gasteiger partial charge < -0.3 is 15.0 Å². The molecule has 0 fully saturated rings. The summed E-state index contributed by atoms with van der Waals surface area (Å²) in [7, 11) is 1.56. The average Bonchev–Trinajstić information content (AvgIpc) is 2.79. The molecule has 0 heterocycles. The fourth-order valence-corrected chi connectivity index (χ4v) is 3.32. The Bertz CT molecular complexity index is 980. The summed E-state index contributed by atoms with van der Waals surface area (Å²) in [4.78, 5) is 27.6. The van der Waals surface area contributed by atoms with Crippen LogP contribution in [0.25, 0.3) is 0 Å². The van der Waals surface area contributed by atoms with Crippen LogP contribution >= 0.6 is 11.6 Å². The number of ether oxygens (including phenoxy) is 1. The van der Waals surface area contributed by atoms with E-state index >= 15 is 0 Å². The Hall–Kier alpha value is -3.31. The van der Waals surface area contributed by atoms with Crippen molar-refractivity contribution in [2.75, 3.05) is 13.7 Å². The first-order chi connectivity index (χ1) is 14.6. The van der Waals surface area contributed by atoms with Gasteiger partial charge in [0.2, 0.25) is 5.91 Å². The van der Waals surface area contributed by atoms with Gasteiger partial charge in [-0.1, -0.05) is 84.4 Å². The van der Waals surface area contributed by atoms with Crippen molar-refractivity contribution >= 4 is 23.4 Å². The number of para-hydroxylation sites is 1. The molecule has 5 nitrogen and oxygen atoms in total. The highest BCUT2D eigenvalue weighted by molar-refractivity contribution is 6.32. The van der Waals surface area contributed by atoms with Crippen LogP contribution in [0.3, 0.4) is 0 Å². The number of likely N-dealkylation sites (N-methyl/N-ethyl adjacent to an activating group) is 1. The maximum absolute atomic E-state index is 13.2. The van der Waals surface area contributed by atoms with Crippen LogP contribution in [0, 0.1) is 0 Å². The van der Waals surface area contributed by atoms with Gasteiger partial charge in [0.25, 0.3) is 5.91 Å². The Labute approximate surface area is 181 Å². The summed E-state index contributed by atoms with van der Waals surface area (Å²) in [5, 5.41) is 3.09. The summed E-state index contributed by atoms with van der Waals surface area (Å²) >= 11 is 6.13. The fourth-order valence-electron chi connectivity index (χ4n) is 3.13. The summed E-state index contributed by atoms with van der Waals surface area (Å²) < 4.78 is 5.66. The quantitative estimate of drug-likeness (QED) is 0.590. The van der Waals surface area contributed by atoms with Crippen LogP contribution < -0.4 is 10.1 Å². The van der Waals surface area contributed by atoms with Crippen molar-refractivity contribution in [2.45, 2.75) is 12.6 Å². The molecule has 30 heavy (non-hydrogen) atoms. The maximum Gasteiger partial charge on any atom is 0.261 e. The van der Waals surface area contributed by atoms with Crippen molar-refractivity contribution in [3.05, 3.63) is 101 Å². The van der Waals surface area contributed by atoms with E-state index in [0.29, 0.717) is 10.8 Å². The molecule has 0 unspecified atom stereocenters. The number of halogens is 1. The van der Waals surface area contributed by atoms with E-state index in [0.717, 1.165) is 11.1 Å². The van der Waals surface area contributed by atoms with Crippen molar-refractivity contribution < 1.29 is 14.3 Å². The second-order valence-corrected chi connectivity index (χ2v) is 7.06. The number of carbonyl (C=O) groups excluding carboxylic acids is 2. The smallest absolute Gasteiger partial charge is 0.261 e. The molecule has 3 aromatic rings. The zero-order chi connectivity index (χ0) is 21.3. The minimum absolute atomic E-state index is 0.239. The van der Waals surface area contributed by atoms with Gasteiger partial charge in [-0.05, 0) is 23.3 Å². The van der Waals surface area contributed by atoms with E-state index < -0.39 is 6.04 Å². The molecule has 3 rings (SSSR count). The molecule has 154 valence electrons. The molecular formula is C24H23ClN2O3. The molecule has 0 bridgehead atoms.